The number of carboxylic acids is 1. The number of aromatic carboxylic acids is 1. The summed E-state index contributed by atoms with van der Waals surface area (Å²) in [5, 5.41) is 9.21. The van der Waals surface area contributed by atoms with Crippen molar-refractivity contribution in [3.05, 3.63) is 47.0 Å². The summed E-state index contributed by atoms with van der Waals surface area (Å²) in [5.74, 6) is -0.247. The summed E-state index contributed by atoms with van der Waals surface area (Å²) in [6.45, 7) is 7.81. The molecule has 2 aromatic rings. The van der Waals surface area contributed by atoms with Crippen molar-refractivity contribution in [3.63, 3.8) is 0 Å². The highest BCUT2D eigenvalue weighted by atomic mass is 32.2. The summed E-state index contributed by atoms with van der Waals surface area (Å²) in [7, 11) is -3.99. The van der Waals surface area contributed by atoms with Gasteiger partial charge in [-0.05, 0) is 63.1 Å². The van der Waals surface area contributed by atoms with Crippen LogP contribution in [0, 0.1) is 13.8 Å². The standard InChI is InChI=1S/C19H23NO6S/c1-5-25-16-8-7-15(11-17(16)26-6-2)20-27(23,24)18-10-14(19(21)22)9-12(3)13(18)4/h7-11,20H,5-6H2,1-4H3,(H,21,22). The largest absolute Gasteiger partial charge is 0.490 e. The highest BCUT2D eigenvalue weighted by Gasteiger charge is 2.21. The molecular weight excluding hydrogens is 370 g/mol. The van der Waals surface area contributed by atoms with Crippen LogP contribution in [-0.2, 0) is 10.0 Å². The van der Waals surface area contributed by atoms with E-state index in [2.05, 4.69) is 4.72 Å². The fourth-order valence-electron chi connectivity index (χ4n) is 2.55. The van der Waals surface area contributed by atoms with Gasteiger partial charge in [0.25, 0.3) is 10.0 Å². The predicted molar refractivity (Wildman–Crippen MR) is 102 cm³/mol. The molecule has 2 N–H and O–H groups in total. The number of rotatable bonds is 8. The minimum atomic E-state index is -3.99. The number of sulfonamides is 1. The van der Waals surface area contributed by atoms with Gasteiger partial charge < -0.3 is 14.6 Å². The fraction of sp³-hybridized carbons (Fsp3) is 0.316. The average Bonchev–Trinajstić information content (AvgIpc) is 2.59. The smallest absolute Gasteiger partial charge is 0.335 e. The first kappa shape index (κ1) is 20.6. The summed E-state index contributed by atoms with van der Waals surface area (Å²) in [4.78, 5) is 11.2. The third kappa shape index (κ3) is 4.71. The number of ether oxygens (including phenoxy) is 2. The lowest BCUT2D eigenvalue weighted by Crippen LogP contribution is -2.16. The maximum Gasteiger partial charge on any atom is 0.335 e. The maximum absolute atomic E-state index is 12.9. The van der Waals surface area contributed by atoms with Crippen molar-refractivity contribution in [2.75, 3.05) is 17.9 Å². The molecule has 0 saturated heterocycles. The molecule has 0 saturated carbocycles. The van der Waals surface area contributed by atoms with Gasteiger partial charge in [0.15, 0.2) is 11.5 Å². The molecule has 2 aromatic carbocycles. The lowest BCUT2D eigenvalue weighted by molar-refractivity contribution is 0.0696. The van der Waals surface area contributed by atoms with Gasteiger partial charge in [-0.15, -0.1) is 0 Å². The molecule has 0 aliphatic rings. The number of nitrogens with one attached hydrogen (secondary N) is 1. The third-order valence-corrected chi connectivity index (χ3v) is 5.46. The van der Waals surface area contributed by atoms with Gasteiger partial charge in [0.1, 0.15) is 0 Å². The molecule has 146 valence electrons. The molecule has 0 amide bonds. The molecule has 0 aliphatic heterocycles. The van der Waals surface area contributed by atoms with Crippen molar-refractivity contribution >= 4 is 21.7 Å². The van der Waals surface area contributed by atoms with Crippen LogP contribution in [0.1, 0.15) is 35.3 Å². The van der Waals surface area contributed by atoms with Crippen LogP contribution in [0.25, 0.3) is 0 Å². The fourth-order valence-corrected chi connectivity index (χ4v) is 3.95. The second-order valence-corrected chi connectivity index (χ2v) is 7.51. The van der Waals surface area contributed by atoms with Gasteiger partial charge in [0.05, 0.1) is 29.4 Å². The molecule has 27 heavy (non-hydrogen) atoms. The van der Waals surface area contributed by atoms with Crippen LogP contribution in [0.4, 0.5) is 5.69 Å². The summed E-state index contributed by atoms with van der Waals surface area (Å²) in [6, 6.07) is 7.33. The van der Waals surface area contributed by atoms with Crippen molar-refractivity contribution in [2.24, 2.45) is 0 Å². The second-order valence-electron chi connectivity index (χ2n) is 5.85. The molecule has 0 aliphatic carbocycles. The number of hydrogen-bond donors (Lipinski definition) is 2. The van der Waals surface area contributed by atoms with E-state index in [4.69, 9.17) is 9.47 Å². The predicted octanol–water partition coefficient (Wildman–Crippen LogP) is 3.60. The lowest BCUT2D eigenvalue weighted by atomic mass is 10.1. The normalized spacial score (nSPS) is 11.1. The Labute approximate surface area is 159 Å². The van der Waals surface area contributed by atoms with Gasteiger partial charge in [-0.3, -0.25) is 4.72 Å². The van der Waals surface area contributed by atoms with Crippen molar-refractivity contribution in [2.45, 2.75) is 32.6 Å². The number of anilines is 1. The van der Waals surface area contributed by atoms with Gasteiger partial charge >= 0.3 is 5.97 Å². The highest BCUT2D eigenvalue weighted by Crippen LogP contribution is 2.32. The van der Waals surface area contributed by atoms with Crippen molar-refractivity contribution < 1.29 is 27.8 Å². The van der Waals surface area contributed by atoms with E-state index in [0.29, 0.717) is 41.5 Å². The van der Waals surface area contributed by atoms with E-state index in [1.807, 2.05) is 13.8 Å². The minimum absolute atomic E-state index is 0.0771. The number of benzene rings is 2. The molecule has 0 spiro atoms. The summed E-state index contributed by atoms with van der Waals surface area (Å²) in [6.07, 6.45) is 0. The SMILES string of the molecule is CCOc1ccc(NS(=O)(=O)c2cc(C(=O)O)cc(C)c2C)cc1OCC. The topological polar surface area (TPSA) is 102 Å². The van der Waals surface area contributed by atoms with Crippen LogP contribution in [0.3, 0.4) is 0 Å². The van der Waals surface area contributed by atoms with Gasteiger partial charge in [-0.1, -0.05) is 0 Å². The first-order valence-corrected chi connectivity index (χ1v) is 9.95. The Morgan fingerprint density at radius 1 is 1.04 bits per heavy atom. The molecule has 0 aromatic heterocycles. The van der Waals surface area contributed by atoms with E-state index >= 15 is 0 Å². The van der Waals surface area contributed by atoms with E-state index < -0.39 is 16.0 Å². The Bertz CT molecular complexity index is 953. The van der Waals surface area contributed by atoms with Crippen LogP contribution in [0.2, 0.25) is 0 Å². The van der Waals surface area contributed by atoms with Crippen LogP contribution >= 0.6 is 0 Å². The highest BCUT2D eigenvalue weighted by molar-refractivity contribution is 7.92. The van der Waals surface area contributed by atoms with Crippen molar-refractivity contribution in [1.82, 2.24) is 0 Å². The van der Waals surface area contributed by atoms with Crippen LogP contribution in [0.5, 0.6) is 11.5 Å². The molecule has 0 atom stereocenters. The second kappa shape index (κ2) is 8.30. The molecule has 0 bridgehead atoms. The molecule has 0 fully saturated rings. The van der Waals surface area contributed by atoms with E-state index in [1.165, 1.54) is 12.1 Å². The van der Waals surface area contributed by atoms with Crippen LogP contribution in [-0.4, -0.2) is 32.7 Å². The zero-order valence-electron chi connectivity index (χ0n) is 15.7. The van der Waals surface area contributed by atoms with Gasteiger partial charge in [0, 0.05) is 6.07 Å². The zero-order valence-corrected chi connectivity index (χ0v) is 16.5. The molecule has 0 heterocycles. The Morgan fingerprint density at radius 3 is 2.26 bits per heavy atom. The first-order chi connectivity index (χ1) is 12.7. The summed E-state index contributed by atoms with van der Waals surface area (Å²) < 4.78 is 39.2. The summed E-state index contributed by atoms with van der Waals surface area (Å²) in [5.41, 5.74) is 1.28. The molecular formula is C19H23NO6S. The van der Waals surface area contributed by atoms with E-state index in [1.54, 1.807) is 26.0 Å². The van der Waals surface area contributed by atoms with Crippen molar-refractivity contribution in [1.29, 1.82) is 0 Å². The first-order valence-electron chi connectivity index (χ1n) is 8.46. The Kier molecular flexibility index (Phi) is 6.32. The number of carboxylic acid groups (broad SMARTS) is 1. The van der Waals surface area contributed by atoms with Crippen molar-refractivity contribution in [3.8, 4) is 11.5 Å². The Hall–Kier alpha value is -2.74. The number of carbonyl (C=O) groups is 1. The van der Waals surface area contributed by atoms with Gasteiger partial charge in [-0.2, -0.15) is 0 Å². The van der Waals surface area contributed by atoms with E-state index in [9.17, 15) is 18.3 Å². The minimum Gasteiger partial charge on any atom is -0.490 e. The molecule has 0 radical (unpaired) electrons. The Morgan fingerprint density at radius 2 is 1.67 bits per heavy atom. The van der Waals surface area contributed by atoms with E-state index in [-0.39, 0.29) is 10.5 Å². The van der Waals surface area contributed by atoms with Crippen LogP contribution < -0.4 is 14.2 Å². The van der Waals surface area contributed by atoms with Gasteiger partial charge in [0.2, 0.25) is 0 Å². The monoisotopic (exact) mass is 393 g/mol. The summed E-state index contributed by atoms with van der Waals surface area (Å²) >= 11 is 0. The molecule has 8 heteroatoms. The molecule has 7 nitrogen and oxygen atoms in total. The third-order valence-electron chi connectivity index (χ3n) is 3.95. The van der Waals surface area contributed by atoms with Crippen LogP contribution in [0.15, 0.2) is 35.2 Å². The van der Waals surface area contributed by atoms with Gasteiger partial charge in [-0.25, -0.2) is 13.2 Å². The number of hydrogen-bond acceptors (Lipinski definition) is 5. The molecule has 0 unspecified atom stereocenters. The zero-order chi connectivity index (χ0) is 20.2. The average molecular weight is 393 g/mol. The van der Waals surface area contributed by atoms with E-state index in [0.717, 1.165) is 6.07 Å². The molecule has 2 rings (SSSR count). The quantitative estimate of drug-likeness (QED) is 0.710. The number of aryl methyl sites for hydroxylation is 1. The maximum atomic E-state index is 12.9. The Balaban J connectivity index is 2.45. The lowest BCUT2D eigenvalue weighted by Gasteiger charge is -2.15.